The van der Waals surface area contributed by atoms with Crippen molar-refractivity contribution in [3.8, 4) is 17.2 Å². The SMILES string of the molecule is COc1ccc2cc1OCC(=O)NCc1cc(F)cc(c1)O[C@@H]1CCN(S(=O)(=O)c3c(C)noc3C)C[C@@H]1NC2=O. The minimum atomic E-state index is -4.01. The van der Waals surface area contributed by atoms with Gasteiger partial charge in [-0.25, -0.2) is 12.8 Å². The van der Waals surface area contributed by atoms with Crippen LogP contribution in [0.3, 0.4) is 0 Å². The van der Waals surface area contributed by atoms with Gasteiger partial charge in [-0.3, -0.25) is 9.59 Å². The van der Waals surface area contributed by atoms with Crippen LogP contribution in [0.1, 0.15) is 33.8 Å². The second kappa shape index (κ2) is 11.4. The molecular formula is C27H29FN4O8S. The zero-order valence-corrected chi connectivity index (χ0v) is 23.4. The Morgan fingerprint density at radius 2 is 1.95 bits per heavy atom. The summed E-state index contributed by atoms with van der Waals surface area (Å²) in [5.41, 5.74) is 0.859. The monoisotopic (exact) mass is 588 g/mol. The second-order valence-corrected chi connectivity index (χ2v) is 11.6. The molecule has 218 valence electrons. The lowest BCUT2D eigenvalue weighted by Gasteiger charge is -2.38. The maximum absolute atomic E-state index is 14.5. The van der Waals surface area contributed by atoms with E-state index in [1.54, 1.807) is 13.0 Å². The zero-order chi connectivity index (χ0) is 29.3. The fourth-order valence-electron chi connectivity index (χ4n) is 4.91. The van der Waals surface area contributed by atoms with Gasteiger partial charge in [0, 0.05) is 37.7 Å². The predicted molar refractivity (Wildman–Crippen MR) is 142 cm³/mol. The number of piperidine rings is 1. The van der Waals surface area contributed by atoms with Gasteiger partial charge in [0.25, 0.3) is 11.8 Å². The predicted octanol–water partition coefficient (Wildman–Crippen LogP) is 2.09. The Kier molecular flexibility index (Phi) is 7.87. The quantitative estimate of drug-likeness (QED) is 0.469. The van der Waals surface area contributed by atoms with Gasteiger partial charge in [0.15, 0.2) is 23.9 Å². The van der Waals surface area contributed by atoms with E-state index in [1.165, 1.54) is 48.7 Å². The molecule has 0 unspecified atom stereocenters. The number of nitrogens with zero attached hydrogens (tertiary/aromatic N) is 2. The van der Waals surface area contributed by atoms with Gasteiger partial charge in [-0.1, -0.05) is 5.16 Å². The number of ether oxygens (including phenoxy) is 3. The number of carbonyl (C=O) groups excluding carboxylic acids is 2. The molecule has 1 fully saturated rings. The molecule has 3 aromatic rings. The number of aromatic nitrogens is 1. The molecule has 0 aliphatic carbocycles. The van der Waals surface area contributed by atoms with Gasteiger partial charge in [0.05, 0.1) is 13.2 Å². The molecule has 2 amide bonds. The molecule has 14 heteroatoms. The average molecular weight is 589 g/mol. The highest BCUT2D eigenvalue weighted by Gasteiger charge is 2.40. The van der Waals surface area contributed by atoms with E-state index in [-0.39, 0.29) is 66.1 Å². The Bertz CT molecular complexity index is 1570. The van der Waals surface area contributed by atoms with Crippen molar-refractivity contribution in [2.45, 2.75) is 43.9 Å². The summed E-state index contributed by atoms with van der Waals surface area (Å²) < 4.78 is 65.0. The normalized spacial score (nSPS) is 20.2. The molecule has 0 radical (unpaired) electrons. The molecular weight excluding hydrogens is 559 g/mol. The van der Waals surface area contributed by atoms with Crippen molar-refractivity contribution in [3.05, 3.63) is 64.8 Å². The standard InChI is InChI=1S/C27H29FN4O8S/c1-15-26(16(2)40-31-15)41(35,36)32-7-6-22-21(13-32)30-27(34)18-4-5-23(37-3)24(10-18)38-14-25(33)29-12-17-8-19(28)11-20(9-17)39-22/h4-5,8-11,21-22H,6-7,12-14H2,1-3H3,(H,29,33)(H,30,34)/t21-,22+/m0/s1. The number of hydrogen-bond donors (Lipinski definition) is 2. The van der Waals surface area contributed by atoms with Crippen molar-refractivity contribution in [2.75, 3.05) is 26.8 Å². The summed E-state index contributed by atoms with van der Waals surface area (Å²) in [4.78, 5) is 25.8. The number of hydrogen-bond acceptors (Lipinski definition) is 9. The Hall–Kier alpha value is -4.17. The number of carbonyl (C=O) groups is 2. The van der Waals surface area contributed by atoms with Crippen LogP contribution >= 0.6 is 0 Å². The van der Waals surface area contributed by atoms with Gasteiger partial charge >= 0.3 is 0 Å². The van der Waals surface area contributed by atoms with E-state index in [9.17, 15) is 22.4 Å². The summed E-state index contributed by atoms with van der Waals surface area (Å²) >= 11 is 0. The third-order valence-electron chi connectivity index (χ3n) is 6.89. The van der Waals surface area contributed by atoms with E-state index in [0.717, 1.165) is 0 Å². The minimum Gasteiger partial charge on any atom is -0.493 e. The van der Waals surface area contributed by atoms with Crippen LogP contribution in [-0.2, 0) is 21.4 Å². The van der Waals surface area contributed by atoms with E-state index in [2.05, 4.69) is 15.8 Å². The first-order valence-electron chi connectivity index (χ1n) is 12.8. The molecule has 0 spiro atoms. The van der Waals surface area contributed by atoms with Crippen LogP contribution in [0.25, 0.3) is 0 Å². The highest BCUT2D eigenvalue weighted by molar-refractivity contribution is 7.89. The van der Waals surface area contributed by atoms with Crippen LogP contribution in [0.4, 0.5) is 4.39 Å². The third kappa shape index (κ3) is 5.98. The fourth-order valence-corrected chi connectivity index (χ4v) is 6.69. The molecule has 4 bridgehead atoms. The minimum absolute atomic E-state index is 0.0157. The smallest absolute Gasteiger partial charge is 0.258 e. The molecule has 1 aromatic heterocycles. The van der Waals surface area contributed by atoms with Crippen molar-refractivity contribution in [1.82, 2.24) is 20.1 Å². The topological polar surface area (TPSA) is 149 Å². The number of fused-ring (bicyclic) bond motifs is 5. The van der Waals surface area contributed by atoms with Crippen molar-refractivity contribution < 1.29 is 41.1 Å². The molecule has 0 saturated carbocycles. The Balaban J connectivity index is 1.51. The van der Waals surface area contributed by atoms with Crippen molar-refractivity contribution >= 4 is 21.8 Å². The van der Waals surface area contributed by atoms with Crippen LogP contribution in [0.15, 0.2) is 45.8 Å². The van der Waals surface area contributed by atoms with E-state index in [1.807, 2.05) is 0 Å². The van der Waals surface area contributed by atoms with E-state index >= 15 is 0 Å². The lowest BCUT2D eigenvalue weighted by molar-refractivity contribution is -0.123. The largest absolute Gasteiger partial charge is 0.493 e. The third-order valence-corrected chi connectivity index (χ3v) is 9.00. The van der Waals surface area contributed by atoms with E-state index < -0.39 is 39.8 Å². The summed E-state index contributed by atoms with van der Waals surface area (Å²) in [6.45, 7) is 2.65. The Morgan fingerprint density at radius 3 is 2.68 bits per heavy atom. The number of sulfonamides is 1. The van der Waals surface area contributed by atoms with Crippen LogP contribution < -0.4 is 24.8 Å². The highest BCUT2D eigenvalue weighted by atomic mass is 32.2. The Labute approximate surface area is 235 Å². The molecule has 41 heavy (non-hydrogen) atoms. The van der Waals surface area contributed by atoms with Gasteiger partial charge < -0.3 is 29.4 Å². The maximum Gasteiger partial charge on any atom is 0.258 e. The highest BCUT2D eigenvalue weighted by Crippen LogP contribution is 2.30. The lowest BCUT2D eigenvalue weighted by Crippen LogP contribution is -2.58. The van der Waals surface area contributed by atoms with Crippen LogP contribution in [-0.4, -0.2) is 68.6 Å². The molecule has 2 aliphatic heterocycles. The maximum atomic E-state index is 14.5. The van der Waals surface area contributed by atoms with Gasteiger partial charge in [0.2, 0.25) is 10.0 Å². The number of aryl methyl sites for hydroxylation is 2. The van der Waals surface area contributed by atoms with E-state index in [0.29, 0.717) is 11.3 Å². The molecule has 2 N–H and O–H groups in total. The molecule has 12 nitrogen and oxygen atoms in total. The summed E-state index contributed by atoms with van der Waals surface area (Å²) in [5, 5.41) is 9.31. The van der Waals surface area contributed by atoms with E-state index in [4.69, 9.17) is 18.7 Å². The number of benzene rings is 2. The number of nitrogens with one attached hydrogen (secondary N) is 2. The van der Waals surface area contributed by atoms with Crippen LogP contribution in [0.5, 0.6) is 17.2 Å². The lowest BCUT2D eigenvalue weighted by atomic mass is 10.0. The number of methoxy groups -OCH3 is 1. The van der Waals surface area contributed by atoms with Crippen molar-refractivity contribution in [1.29, 1.82) is 0 Å². The first kappa shape index (κ1) is 28.4. The van der Waals surface area contributed by atoms with Gasteiger partial charge in [-0.2, -0.15) is 4.31 Å². The molecule has 2 aliphatic rings. The molecule has 5 rings (SSSR count). The molecule has 1 saturated heterocycles. The van der Waals surface area contributed by atoms with Gasteiger partial charge in [-0.15, -0.1) is 0 Å². The summed E-state index contributed by atoms with van der Waals surface area (Å²) in [5.74, 6) is -0.779. The summed E-state index contributed by atoms with van der Waals surface area (Å²) in [7, 11) is -2.59. The van der Waals surface area contributed by atoms with Crippen LogP contribution in [0.2, 0.25) is 0 Å². The van der Waals surface area contributed by atoms with Crippen LogP contribution in [0, 0.1) is 19.7 Å². The molecule has 2 aromatic carbocycles. The number of amides is 2. The number of halogens is 1. The molecule has 3 heterocycles. The Morgan fingerprint density at radius 1 is 1.15 bits per heavy atom. The van der Waals surface area contributed by atoms with Gasteiger partial charge in [-0.05, 0) is 49.7 Å². The zero-order valence-electron chi connectivity index (χ0n) is 22.6. The van der Waals surface area contributed by atoms with Crippen molar-refractivity contribution in [2.24, 2.45) is 0 Å². The summed E-state index contributed by atoms with van der Waals surface area (Å²) in [6.07, 6.45) is -0.520. The molecule has 2 atom stereocenters. The fraction of sp³-hybridized carbons (Fsp3) is 0.370. The summed E-state index contributed by atoms with van der Waals surface area (Å²) in [6, 6.07) is 7.69. The van der Waals surface area contributed by atoms with Crippen molar-refractivity contribution in [3.63, 3.8) is 0 Å². The number of rotatable bonds is 3. The van der Waals surface area contributed by atoms with Gasteiger partial charge in [0.1, 0.15) is 28.3 Å². The second-order valence-electron chi connectivity index (χ2n) is 9.77. The first-order valence-corrected chi connectivity index (χ1v) is 14.3. The average Bonchev–Trinajstić information content (AvgIpc) is 3.28. The first-order chi connectivity index (χ1) is 19.5.